The molecule has 1 saturated heterocycles. The van der Waals surface area contributed by atoms with E-state index in [4.69, 9.17) is 4.74 Å². The highest BCUT2D eigenvalue weighted by Crippen LogP contribution is 2.12. The van der Waals surface area contributed by atoms with Crippen molar-refractivity contribution in [2.45, 2.75) is 31.7 Å². The smallest absolute Gasteiger partial charge is 0.242 e. The lowest BCUT2D eigenvalue weighted by Crippen LogP contribution is -2.45. The summed E-state index contributed by atoms with van der Waals surface area (Å²) in [4.78, 5) is 23.7. The molecule has 1 aliphatic rings. The maximum absolute atomic E-state index is 12.0. The molecule has 0 spiro atoms. The van der Waals surface area contributed by atoms with Crippen molar-refractivity contribution in [2.24, 2.45) is 0 Å². The molecule has 2 N–H and O–H groups in total. The fraction of sp³-hybridized carbons (Fsp3) is 0.467. The first-order chi connectivity index (χ1) is 9.69. The molecule has 1 aromatic rings. The Balaban J connectivity index is 1.89. The summed E-state index contributed by atoms with van der Waals surface area (Å²) in [5.41, 5.74) is 0.900. The van der Waals surface area contributed by atoms with Crippen LogP contribution in [0.15, 0.2) is 24.3 Å². The summed E-state index contributed by atoms with van der Waals surface area (Å²) < 4.78 is 5.07. The van der Waals surface area contributed by atoms with E-state index in [0.717, 1.165) is 24.2 Å². The largest absolute Gasteiger partial charge is 0.497 e. The molecule has 0 aliphatic carbocycles. The summed E-state index contributed by atoms with van der Waals surface area (Å²) in [5.74, 6) is 0.556. The molecule has 0 unspecified atom stereocenters. The second-order valence-electron chi connectivity index (χ2n) is 4.93. The van der Waals surface area contributed by atoms with Gasteiger partial charge < -0.3 is 15.4 Å². The van der Waals surface area contributed by atoms with Gasteiger partial charge in [-0.15, -0.1) is 0 Å². The number of methoxy groups -OCH3 is 1. The van der Waals surface area contributed by atoms with E-state index in [0.29, 0.717) is 13.0 Å². The van der Waals surface area contributed by atoms with Crippen molar-refractivity contribution >= 4 is 11.8 Å². The van der Waals surface area contributed by atoms with Gasteiger partial charge in [0.05, 0.1) is 13.5 Å². The molecule has 108 valence electrons. The number of carbonyl (C=O) groups excluding carboxylic acids is 2. The average molecular weight is 276 g/mol. The van der Waals surface area contributed by atoms with Crippen LogP contribution in [0.25, 0.3) is 0 Å². The van der Waals surface area contributed by atoms with Gasteiger partial charge >= 0.3 is 0 Å². The molecule has 5 heteroatoms. The van der Waals surface area contributed by atoms with E-state index in [9.17, 15) is 9.59 Å². The van der Waals surface area contributed by atoms with Crippen LogP contribution in [0, 0.1) is 0 Å². The highest BCUT2D eigenvalue weighted by atomic mass is 16.5. The minimum absolute atomic E-state index is 0.0782. The fourth-order valence-electron chi connectivity index (χ4n) is 2.25. The third kappa shape index (κ3) is 3.98. The minimum atomic E-state index is -0.400. The Bertz CT molecular complexity index is 471. The Kier molecular flexibility index (Phi) is 4.98. The van der Waals surface area contributed by atoms with Crippen LogP contribution in [0.1, 0.15) is 24.8 Å². The Labute approximate surface area is 118 Å². The van der Waals surface area contributed by atoms with Crippen LogP contribution in [0.5, 0.6) is 5.75 Å². The molecule has 1 fully saturated rings. The zero-order valence-corrected chi connectivity index (χ0v) is 11.6. The first-order valence-corrected chi connectivity index (χ1v) is 6.89. The molecule has 0 saturated carbocycles. The van der Waals surface area contributed by atoms with Crippen molar-refractivity contribution in [1.29, 1.82) is 0 Å². The van der Waals surface area contributed by atoms with Crippen LogP contribution in [0.3, 0.4) is 0 Å². The van der Waals surface area contributed by atoms with Crippen molar-refractivity contribution in [1.82, 2.24) is 10.6 Å². The number of amides is 2. The molecular formula is C15H20N2O3. The number of rotatable bonds is 4. The van der Waals surface area contributed by atoms with E-state index < -0.39 is 6.04 Å². The Morgan fingerprint density at radius 3 is 2.80 bits per heavy atom. The van der Waals surface area contributed by atoms with Crippen LogP contribution in [0.4, 0.5) is 0 Å². The second kappa shape index (κ2) is 6.93. The number of ether oxygens (including phenoxy) is 1. The zero-order valence-electron chi connectivity index (χ0n) is 11.6. The summed E-state index contributed by atoms with van der Waals surface area (Å²) in [7, 11) is 1.60. The highest BCUT2D eigenvalue weighted by Gasteiger charge is 2.22. The monoisotopic (exact) mass is 276 g/mol. The van der Waals surface area contributed by atoms with Crippen molar-refractivity contribution < 1.29 is 14.3 Å². The lowest BCUT2D eigenvalue weighted by molar-refractivity contribution is -0.128. The van der Waals surface area contributed by atoms with Gasteiger partial charge in [-0.3, -0.25) is 9.59 Å². The molecule has 20 heavy (non-hydrogen) atoms. The lowest BCUT2D eigenvalue weighted by atomic mass is 10.1. The fourth-order valence-corrected chi connectivity index (χ4v) is 2.25. The summed E-state index contributed by atoms with van der Waals surface area (Å²) in [6.07, 6.45) is 2.90. The molecule has 0 radical (unpaired) electrons. The van der Waals surface area contributed by atoms with Gasteiger partial charge in [-0.05, 0) is 37.0 Å². The summed E-state index contributed by atoms with van der Waals surface area (Å²) in [6, 6.07) is 6.95. The lowest BCUT2D eigenvalue weighted by Gasteiger charge is -2.15. The first-order valence-electron chi connectivity index (χ1n) is 6.89. The quantitative estimate of drug-likeness (QED) is 0.863. The Morgan fingerprint density at radius 2 is 2.10 bits per heavy atom. The van der Waals surface area contributed by atoms with Gasteiger partial charge in [0.1, 0.15) is 11.8 Å². The summed E-state index contributed by atoms with van der Waals surface area (Å²) >= 11 is 0. The predicted octanol–water partition coefficient (Wildman–Crippen LogP) is 1.02. The summed E-state index contributed by atoms with van der Waals surface area (Å²) in [6.45, 7) is 0.698. The topological polar surface area (TPSA) is 67.4 Å². The third-order valence-electron chi connectivity index (χ3n) is 3.39. The van der Waals surface area contributed by atoms with E-state index in [2.05, 4.69) is 10.6 Å². The molecule has 1 aromatic carbocycles. The van der Waals surface area contributed by atoms with E-state index >= 15 is 0 Å². The second-order valence-corrected chi connectivity index (χ2v) is 4.93. The van der Waals surface area contributed by atoms with Crippen LogP contribution in [0.2, 0.25) is 0 Å². The molecule has 2 amide bonds. The van der Waals surface area contributed by atoms with Crippen molar-refractivity contribution in [2.75, 3.05) is 13.7 Å². The van der Waals surface area contributed by atoms with Gasteiger partial charge in [-0.1, -0.05) is 12.1 Å². The van der Waals surface area contributed by atoms with Gasteiger partial charge in [0.15, 0.2) is 0 Å². The zero-order chi connectivity index (χ0) is 14.4. The summed E-state index contributed by atoms with van der Waals surface area (Å²) in [5, 5.41) is 5.61. The van der Waals surface area contributed by atoms with Crippen LogP contribution in [-0.2, 0) is 16.0 Å². The standard InChI is InChI=1S/C15H20N2O3/c1-20-12-7-5-11(6-8-12)10-14(18)17-13-4-2-3-9-16-15(13)19/h5-8,13H,2-4,9-10H2,1H3,(H,16,19)(H,17,18)/t13-/m1/s1. The molecular weight excluding hydrogens is 256 g/mol. The van der Waals surface area contributed by atoms with Crippen molar-refractivity contribution in [3.8, 4) is 5.75 Å². The van der Waals surface area contributed by atoms with E-state index in [1.54, 1.807) is 7.11 Å². The average Bonchev–Trinajstić information content (AvgIpc) is 2.65. The van der Waals surface area contributed by atoms with Crippen LogP contribution in [-0.4, -0.2) is 31.5 Å². The number of nitrogens with one attached hydrogen (secondary N) is 2. The van der Waals surface area contributed by atoms with Gasteiger partial charge in [-0.25, -0.2) is 0 Å². The van der Waals surface area contributed by atoms with Gasteiger partial charge in [0, 0.05) is 6.54 Å². The molecule has 5 nitrogen and oxygen atoms in total. The van der Waals surface area contributed by atoms with Gasteiger partial charge in [-0.2, -0.15) is 0 Å². The highest BCUT2D eigenvalue weighted by molar-refractivity contribution is 5.88. The van der Waals surface area contributed by atoms with Gasteiger partial charge in [0.25, 0.3) is 0 Å². The van der Waals surface area contributed by atoms with E-state index in [1.807, 2.05) is 24.3 Å². The number of hydrogen-bond donors (Lipinski definition) is 2. The molecule has 0 aromatic heterocycles. The van der Waals surface area contributed by atoms with Crippen LogP contribution >= 0.6 is 0 Å². The van der Waals surface area contributed by atoms with E-state index in [1.165, 1.54) is 0 Å². The van der Waals surface area contributed by atoms with E-state index in [-0.39, 0.29) is 18.2 Å². The number of benzene rings is 1. The van der Waals surface area contributed by atoms with Crippen molar-refractivity contribution in [3.05, 3.63) is 29.8 Å². The third-order valence-corrected chi connectivity index (χ3v) is 3.39. The predicted molar refractivity (Wildman–Crippen MR) is 75.5 cm³/mol. The molecule has 2 rings (SSSR count). The number of hydrogen-bond acceptors (Lipinski definition) is 3. The molecule has 1 heterocycles. The minimum Gasteiger partial charge on any atom is -0.497 e. The Morgan fingerprint density at radius 1 is 1.35 bits per heavy atom. The Hall–Kier alpha value is -2.04. The normalized spacial score (nSPS) is 18.9. The first kappa shape index (κ1) is 14.4. The maximum atomic E-state index is 12.0. The van der Waals surface area contributed by atoms with Crippen LogP contribution < -0.4 is 15.4 Å². The molecule has 0 bridgehead atoms. The number of carbonyl (C=O) groups is 2. The van der Waals surface area contributed by atoms with Gasteiger partial charge in [0.2, 0.25) is 11.8 Å². The van der Waals surface area contributed by atoms with Crippen molar-refractivity contribution in [3.63, 3.8) is 0 Å². The SMILES string of the molecule is COc1ccc(CC(=O)N[C@@H]2CCCCNC2=O)cc1. The molecule has 1 aliphatic heterocycles. The molecule has 1 atom stereocenters. The maximum Gasteiger partial charge on any atom is 0.242 e.